The molecule has 0 aromatic rings. The molecule has 6 heteroatoms. The third kappa shape index (κ3) is 12.2. The van der Waals surface area contributed by atoms with Crippen LogP contribution in [0.15, 0.2) is 0 Å². The van der Waals surface area contributed by atoms with E-state index in [-0.39, 0.29) is 5.91 Å². The highest BCUT2D eigenvalue weighted by molar-refractivity contribution is 5.89. The van der Waals surface area contributed by atoms with Gasteiger partial charge in [-0.2, -0.15) is 0 Å². The van der Waals surface area contributed by atoms with Gasteiger partial charge in [0.15, 0.2) is 0 Å². The monoisotopic (exact) mass is 427 g/mol. The van der Waals surface area contributed by atoms with E-state index in [4.69, 9.17) is 5.11 Å². The Morgan fingerprint density at radius 1 is 0.733 bits per heavy atom. The molecule has 3 N–H and O–H groups in total. The van der Waals surface area contributed by atoms with Crippen molar-refractivity contribution in [3.63, 3.8) is 0 Å². The molecule has 1 atom stereocenters. The zero-order chi connectivity index (χ0) is 22.8. The van der Waals surface area contributed by atoms with E-state index >= 15 is 0 Å². The molecule has 30 heavy (non-hydrogen) atoms. The summed E-state index contributed by atoms with van der Waals surface area (Å²) in [6.07, 6.45) is 16.4. The van der Waals surface area contributed by atoms with Gasteiger partial charge in [-0.05, 0) is 19.3 Å². The van der Waals surface area contributed by atoms with E-state index in [1.807, 2.05) is 13.8 Å². The molecule has 0 heterocycles. The number of nitrogens with one attached hydrogen (secondary N) is 1. The fourth-order valence-electron chi connectivity index (χ4n) is 4.03. The zero-order valence-electron chi connectivity index (χ0n) is 19.5. The van der Waals surface area contributed by atoms with E-state index in [2.05, 4.69) is 12.2 Å². The molecular weight excluding hydrogens is 382 g/mol. The van der Waals surface area contributed by atoms with Crippen molar-refractivity contribution in [2.75, 3.05) is 0 Å². The molecule has 176 valence electrons. The number of hydrogen-bond acceptors (Lipinski definition) is 3. The van der Waals surface area contributed by atoms with Crippen LogP contribution in [0.2, 0.25) is 0 Å². The number of amides is 1. The van der Waals surface area contributed by atoms with Crippen molar-refractivity contribution in [2.45, 2.75) is 130 Å². The predicted molar refractivity (Wildman–Crippen MR) is 121 cm³/mol. The van der Waals surface area contributed by atoms with Crippen molar-refractivity contribution in [1.29, 1.82) is 0 Å². The SMILES string of the molecule is CCCCCCCCCCCCCCC(CC)(CC)C(=O)NC(CC(=O)O)C(=O)O. The van der Waals surface area contributed by atoms with Gasteiger partial charge in [-0.15, -0.1) is 0 Å². The minimum absolute atomic E-state index is 0.329. The van der Waals surface area contributed by atoms with E-state index in [1.54, 1.807) is 0 Å². The molecule has 0 aliphatic rings. The first-order valence-corrected chi connectivity index (χ1v) is 12.1. The van der Waals surface area contributed by atoms with Crippen LogP contribution in [0.25, 0.3) is 0 Å². The van der Waals surface area contributed by atoms with Crippen LogP contribution in [0.4, 0.5) is 0 Å². The Hall–Kier alpha value is -1.59. The quantitative estimate of drug-likeness (QED) is 0.209. The first-order chi connectivity index (χ1) is 14.3. The Labute approximate surface area is 183 Å². The average Bonchev–Trinajstić information content (AvgIpc) is 2.71. The standard InChI is InChI=1S/C24H45NO5/c1-4-7-8-9-10-11-12-13-14-15-16-17-18-24(5-2,6-3)23(30)25-20(22(28)29)19-21(26)27/h20H,4-19H2,1-3H3,(H,25,30)(H,26,27)(H,28,29). The second kappa shape index (κ2) is 17.1. The Bertz CT molecular complexity index is 488. The number of carboxylic acids is 2. The summed E-state index contributed by atoms with van der Waals surface area (Å²) in [5.41, 5.74) is -0.620. The van der Waals surface area contributed by atoms with E-state index in [0.29, 0.717) is 19.3 Å². The summed E-state index contributed by atoms with van der Waals surface area (Å²) in [5, 5.41) is 20.5. The molecule has 0 aromatic heterocycles. The normalized spacial score (nSPS) is 12.5. The zero-order valence-corrected chi connectivity index (χ0v) is 19.5. The topological polar surface area (TPSA) is 104 Å². The summed E-state index contributed by atoms with van der Waals surface area (Å²) in [6, 6.07) is -1.38. The molecule has 0 aliphatic carbocycles. The molecule has 6 nitrogen and oxygen atoms in total. The molecule has 0 bridgehead atoms. The molecule has 0 fully saturated rings. The molecule has 0 spiro atoms. The third-order valence-electron chi connectivity index (χ3n) is 6.33. The Kier molecular flexibility index (Phi) is 16.2. The average molecular weight is 428 g/mol. The summed E-state index contributed by atoms with van der Waals surface area (Å²) < 4.78 is 0. The maximum atomic E-state index is 12.8. The summed E-state index contributed by atoms with van der Waals surface area (Å²) in [6.45, 7) is 6.12. The summed E-state index contributed by atoms with van der Waals surface area (Å²) in [5.74, 6) is -2.87. The van der Waals surface area contributed by atoms with Crippen LogP contribution in [0.1, 0.15) is 124 Å². The highest BCUT2D eigenvalue weighted by atomic mass is 16.4. The van der Waals surface area contributed by atoms with E-state index in [1.165, 1.54) is 57.8 Å². The molecule has 1 unspecified atom stereocenters. The first-order valence-electron chi connectivity index (χ1n) is 12.1. The maximum Gasteiger partial charge on any atom is 0.326 e. The predicted octanol–water partition coefficient (Wildman–Crippen LogP) is 5.93. The fourth-order valence-corrected chi connectivity index (χ4v) is 4.03. The Balaban J connectivity index is 4.21. The first kappa shape index (κ1) is 28.4. The van der Waals surface area contributed by atoms with Crippen LogP contribution in [-0.2, 0) is 14.4 Å². The van der Waals surface area contributed by atoms with Crippen molar-refractivity contribution in [2.24, 2.45) is 5.41 Å². The summed E-state index contributed by atoms with van der Waals surface area (Å²) >= 11 is 0. The van der Waals surface area contributed by atoms with E-state index in [9.17, 15) is 19.5 Å². The van der Waals surface area contributed by atoms with Crippen LogP contribution < -0.4 is 5.32 Å². The van der Waals surface area contributed by atoms with Crippen molar-refractivity contribution >= 4 is 17.8 Å². The van der Waals surface area contributed by atoms with Crippen molar-refractivity contribution < 1.29 is 24.6 Å². The van der Waals surface area contributed by atoms with Crippen molar-refractivity contribution in [3.8, 4) is 0 Å². The van der Waals surface area contributed by atoms with Crippen LogP contribution in [0, 0.1) is 5.41 Å². The number of hydrogen-bond donors (Lipinski definition) is 3. The smallest absolute Gasteiger partial charge is 0.326 e. The molecule has 0 radical (unpaired) electrons. The second-order valence-electron chi connectivity index (χ2n) is 8.59. The molecule has 0 aromatic carbocycles. The van der Waals surface area contributed by atoms with Gasteiger partial charge in [0, 0.05) is 5.41 Å². The van der Waals surface area contributed by atoms with E-state index < -0.39 is 29.8 Å². The number of carboxylic acid groups (broad SMARTS) is 2. The summed E-state index contributed by atoms with van der Waals surface area (Å²) in [4.78, 5) is 34.9. The number of carbonyl (C=O) groups is 3. The van der Waals surface area contributed by atoms with Gasteiger partial charge >= 0.3 is 11.9 Å². The van der Waals surface area contributed by atoms with Crippen molar-refractivity contribution in [1.82, 2.24) is 5.32 Å². The van der Waals surface area contributed by atoms with E-state index in [0.717, 1.165) is 19.3 Å². The van der Waals surface area contributed by atoms with Gasteiger partial charge in [-0.3, -0.25) is 9.59 Å². The largest absolute Gasteiger partial charge is 0.481 e. The number of rotatable bonds is 20. The lowest BCUT2D eigenvalue weighted by Gasteiger charge is -2.31. The van der Waals surface area contributed by atoms with Crippen LogP contribution in [-0.4, -0.2) is 34.1 Å². The highest BCUT2D eigenvalue weighted by Crippen LogP contribution is 2.33. The van der Waals surface area contributed by atoms with Crippen molar-refractivity contribution in [3.05, 3.63) is 0 Å². The molecule has 0 rings (SSSR count). The Morgan fingerprint density at radius 3 is 1.53 bits per heavy atom. The third-order valence-corrected chi connectivity index (χ3v) is 6.33. The molecule has 0 saturated heterocycles. The number of unbranched alkanes of at least 4 members (excludes halogenated alkanes) is 11. The lowest BCUT2D eigenvalue weighted by atomic mass is 9.76. The van der Waals surface area contributed by atoms with Gasteiger partial charge in [0.1, 0.15) is 6.04 Å². The van der Waals surface area contributed by atoms with Crippen LogP contribution >= 0.6 is 0 Å². The van der Waals surface area contributed by atoms with Gasteiger partial charge in [-0.1, -0.05) is 97.8 Å². The van der Waals surface area contributed by atoms with Gasteiger partial charge in [0.05, 0.1) is 6.42 Å². The number of aliphatic carboxylic acids is 2. The fraction of sp³-hybridized carbons (Fsp3) is 0.875. The highest BCUT2D eigenvalue weighted by Gasteiger charge is 2.36. The molecular formula is C24H45NO5. The second-order valence-corrected chi connectivity index (χ2v) is 8.59. The summed E-state index contributed by atoms with van der Waals surface area (Å²) in [7, 11) is 0. The molecule has 0 saturated carbocycles. The molecule has 0 aliphatic heterocycles. The number of carbonyl (C=O) groups excluding carboxylic acids is 1. The Morgan fingerprint density at radius 2 is 1.17 bits per heavy atom. The minimum atomic E-state index is -1.38. The maximum absolute atomic E-state index is 12.8. The lowest BCUT2D eigenvalue weighted by Crippen LogP contribution is -2.49. The molecule has 1 amide bonds. The van der Waals surface area contributed by atoms with Gasteiger partial charge < -0.3 is 15.5 Å². The lowest BCUT2D eigenvalue weighted by molar-refractivity contribution is -0.148. The minimum Gasteiger partial charge on any atom is -0.481 e. The van der Waals surface area contributed by atoms with Gasteiger partial charge in [0.25, 0.3) is 0 Å². The van der Waals surface area contributed by atoms with Gasteiger partial charge in [-0.25, -0.2) is 4.79 Å². The van der Waals surface area contributed by atoms with Crippen LogP contribution in [0.3, 0.4) is 0 Å². The van der Waals surface area contributed by atoms with Crippen LogP contribution in [0.5, 0.6) is 0 Å². The van der Waals surface area contributed by atoms with Gasteiger partial charge in [0.2, 0.25) is 5.91 Å².